The van der Waals surface area contributed by atoms with Gasteiger partial charge in [-0.25, -0.2) is 0 Å². The third-order valence-electron chi connectivity index (χ3n) is 3.56. The van der Waals surface area contributed by atoms with Crippen molar-refractivity contribution < 1.29 is 4.79 Å². The van der Waals surface area contributed by atoms with Gasteiger partial charge in [0.25, 0.3) is 0 Å². The molecule has 1 amide bonds. The molecule has 0 aromatic heterocycles. The lowest BCUT2D eigenvalue weighted by Crippen LogP contribution is -2.30. The number of rotatable bonds is 5. The van der Waals surface area contributed by atoms with Crippen LogP contribution in [0.2, 0.25) is 5.02 Å². The second-order valence-corrected chi connectivity index (χ2v) is 5.91. The SMILES string of the molecule is Cc1cc(C)c(NC(=O)CN[C@@H](C)c2ccccc2)c(Cl)c1. The molecule has 0 fully saturated rings. The minimum absolute atomic E-state index is 0.100. The minimum Gasteiger partial charge on any atom is -0.323 e. The first-order chi connectivity index (χ1) is 10.5. The number of amides is 1. The van der Waals surface area contributed by atoms with Crippen molar-refractivity contribution in [2.75, 3.05) is 11.9 Å². The summed E-state index contributed by atoms with van der Waals surface area (Å²) >= 11 is 6.20. The molecule has 2 aromatic carbocycles. The summed E-state index contributed by atoms with van der Waals surface area (Å²) in [6, 6.07) is 14.0. The number of nitrogens with one attached hydrogen (secondary N) is 2. The highest BCUT2D eigenvalue weighted by Crippen LogP contribution is 2.27. The van der Waals surface area contributed by atoms with E-state index in [0.717, 1.165) is 16.7 Å². The molecule has 0 spiro atoms. The van der Waals surface area contributed by atoms with Crippen molar-refractivity contribution in [3.63, 3.8) is 0 Å². The molecule has 0 aliphatic heterocycles. The lowest BCUT2D eigenvalue weighted by Gasteiger charge is -2.15. The van der Waals surface area contributed by atoms with E-state index in [1.165, 1.54) is 0 Å². The van der Waals surface area contributed by atoms with Gasteiger partial charge in [0.05, 0.1) is 17.3 Å². The van der Waals surface area contributed by atoms with E-state index in [-0.39, 0.29) is 18.5 Å². The lowest BCUT2D eigenvalue weighted by molar-refractivity contribution is -0.115. The first kappa shape index (κ1) is 16.5. The fraction of sp³-hybridized carbons (Fsp3) is 0.278. The smallest absolute Gasteiger partial charge is 0.238 e. The van der Waals surface area contributed by atoms with E-state index in [1.54, 1.807) is 0 Å². The Hall–Kier alpha value is -1.84. The quantitative estimate of drug-likeness (QED) is 0.866. The van der Waals surface area contributed by atoms with Gasteiger partial charge in [-0.05, 0) is 43.5 Å². The van der Waals surface area contributed by atoms with Crippen LogP contribution >= 0.6 is 11.6 Å². The van der Waals surface area contributed by atoms with Crippen LogP contribution < -0.4 is 10.6 Å². The summed E-state index contributed by atoms with van der Waals surface area (Å²) in [6.45, 7) is 6.19. The van der Waals surface area contributed by atoms with E-state index in [2.05, 4.69) is 10.6 Å². The van der Waals surface area contributed by atoms with E-state index >= 15 is 0 Å². The standard InChI is InChI=1S/C18H21ClN2O/c1-12-9-13(2)18(16(19)10-12)21-17(22)11-20-14(3)15-7-5-4-6-8-15/h4-10,14,20H,11H2,1-3H3,(H,21,22)/t14-/m0/s1. The first-order valence-corrected chi connectivity index (χ1v) is 7.70. The molecule has 0 heterocycles. The van der Waals surface area contributed by atoms with Gasteiger partial charge in [-0.2, -0.15) is 0 Å². The van der Waals surface area contributed by atoms with Gasteiger partial charge >= 0.3 is 0 Å². The first-order valence-electron chi connectivity index (χ1n) is 7.32. The van der Waals surface area contributed by atoms with Gasteiger partial charge < -0.3 is 10.6 Å². The van der Waals surface area contributed by atoms with Gasteiger partial charge in [0.1, 0.15) is 0 Å². The molecule has 0 aliphatic carbocycles. The molecule has 0 radical (unpaired) electrons. The van der Waals surface area contributed by atoms with Crippen molar-refractivity contribution >= 4 is 23.2 Å². The molecule has 2 rings (SSSR count). The lowest BCUT2D eigenvalue weighted by atomic mass is 10.1. The van der Waals surface area contributed by atoms with Crippen LogP contribution in [-0.4, -0.2) is 12.5 Å². The van der Waals surface area contributed by atoms with Gasteiger partial charge in [-0.1, -0.05) is 48.0 Å². The summed E-state index contributed by atoms with van der Waals surface area (Å²) in [5.41, 5.74) is 3.89. The number of anilines is 1. The van der Waals surface area contributed by atoms with Crippen molar-refractivity contribution in [1.82, 2.24) is 5.32 Å². The molecular weight excluding hydrogens is 296 g/mol. The van der Waals surface area contributed by atoms with Crippen molar-refractivity contribution in [3.05, 3.63) is 64.2 Å². The molecule has 22 heavy (non-hydrogen) atoms. The average molecular weight is 317 g/mol. The van der Waals surface area contributed by atoms with E-state index < -0.39 is 0 Å². The van der Waals surface area contributed by atoms with Gasteiger partial charge in [0.15, 0.2) is 0 Å². The monoisotopic (exact) mass is 316 g/mol. The highest BCUT2D eigenvalue weighted by molar-refractivity contribution is 6.34. The predicted molar refractivity (Wildman–Crippen MR) is 92.4 cm³/mol. The molecule has 0 bridgehead atoms. The van der Waals surface area contributed by atoms with Gasteiger partial charge in [-0.3, -0.25) is 4.79 Å². The molecule has 2 aromatic rings. The van der Waals surface area contributed by atoms with Crippen molar-refractivity contribution in [2.45, 2.75) is 26.8 Å². The number of hydrogen-bond donors (Lipinski definition) is 2. The Bertz CT molecular complexity index is 632. The maximum absolute atomic E-state index is 12.1. The number of carbonyl (C=O) groups excluding carboxylic acids is 1. The molecule has 1 atom stereocenters. The zero-order valence-electron chi connectivity index (χ0n) is 13.1. The third kappa shape index (κ3) is 4.33. The average Bonchev–Trinajstić information content (AvgIpc) is 2.49. The van der Waals surface area contributed by atoms with Gasteiger partial charge in [0, 0.05) is 6.04 Å². The number of halogens is 1. The molecule has 0 unspecified atom stereocenters. The summed E-state index contributed by atoms with van der Waals surface area (Å²) in [5.74, 6) is -0.100. The van der Waals surface area contributed by atoms with Crippen LogP contribution in [0, 0.1) is 13.8 Å². The van der Waals surface area contributed by atoms with Gasteiger partial charge in [0.2, 0.25) is 5.91 Å². The fourth-order valence-corrected chi connectivity index (χ4v) is 2.73. The molecular formula is C18H21ClN2O. The fourth-order valence-electron chi connectivity index (χ4n) is 2.36. The maximum Gasteiger partial charge on any atom is 0.238 e. The topological polar surface area (TPSA) is 41.1 Å². The van der Waals surface area contributed by atoms with Crippen LogP contribution in [0.5, 0.6) is 0 Å². The van der Waals surface area contributed by atoms with Crippen molar-refractivity contribution in [3.8, 4) is 0 Å². The van der Waals surface area contributed by atoms with Crippen LogP contribution in [0.1, 0.15) is 29.7 Å². The van der Waals surface area contributed by atoms with Crippen molar-refractivity contribution in [1.29, 1.82) is 0 Å². The summed E-state index contributed by atoms with van der Waals surface area (Å²) in [4.78, 5) is 12.1. The number of aryl methyl sites for hydroxylation is 2. The molecule has 4 heteroatoms. The molecule has 0 saturated carbocycles. The Balaban J connectivity index is 1.94. The van der Waals surface area contributed by atoms with Crippen LogP contribution in [0.15, 0.2) is 42.5 Å². The summed E-state index contributed by atoms with van der Waals surface area (Å²) in [7, 11) is 0. The summed E-state index contributed by atoms with van der Waals surface area (Å²) in [5, 5.41) is 6.66. The Kier molecular flexibility index (Phi) is 5.58. The Morgan fingerprint density at radius 1 is 1.18 bits per heavy atom. The van der Waals surface area contributed by atoms with E-state index in [1.807, 2.05) is 63.2 Å². The molecule has 0 saturated heterocycles. The highest BCUT2D eigenvalue weighted by atomic mass is 35.5. The predicted octanol–water partition coefficient (Wildman–Crippen LogP) is 4.25. The van der Waals surface area contributed by atoms with E-state index in [0.29, 0.717) is 10.7 Å². The maximum atomic E-state index is 12.1. The van der Waals surface area contributed by atoms with Crippen LogP contribution in [0.25, 0.3) is 0 Å². The van der Waals surface area contributed by atoms with Crippen LogP contribution in [-0.2, 0) is 4.79 Å². The second-order valence-electron chi connectivity index (χ2n) is 5.50. The second kappa shape index (κ2) is 7.43. The number of carbonyl (C=O) groups is 1. The number of benzene rings is 2. The molecule has 116 valence electrons. The van der Waals surface area contributed by atoms with Gasteiger partial charge in [-0.15, -0.1) is 0 Å². The Morgan fingerprint density at radius 2 is 1.86 bits per heavy atom. The third-order valence-corrected chi connectivity index (χ3v) is 3.86. The summed E-state index contributed by atoms with van der Waals surface area (Å²) < 4.78 is 0. The van der Waals surface area contributed by atoms with Crippen molar-refractivity contribution in [2.24, 2.45) is 0 Å². The normalized spacial score (nSPS) is 12.0. The Labute approximate surface area is 136 Å². The largest absolute Gasteiger partial charge is 0.323 e. The van der Waals surface area contributed by atoms with E-state index in [4.69, 9.17) is 11.6 Å². The highest BCUT2D eigenvalue weighted by Gasteiger charge is 2.11. The zero-order valence-corrected chi connectivity index (χ0v) is 13.9. The molecule has 3 nitrogen and oxygen atoms in total. The zero-order chi connectivity index (χ0) is 16.1. The minimum atomic E-state index is -0.100. The molecule has 0 aliphatic rings. The Morgan fingerprint density at radius 3 is 2.50 bits per heavy atom. The summed E-state index contributed by atoms with van der Waals surface area (Å²) in [6.07, 6.45) is 0. The van der Waals surface area contributed by atoms with Crippen LogP contribution in [0.3, 0.4) is 0 Å². The van der Waals surface area contributed by atoms with E-state index in [9.17, 15) is 4.79 Å². The number of hydrogen-bond acceptors (Lipinski definition) is 2. The molecule has 2 N–H and O–H groups in total. The van der Waals surface area contributed by atoms with Crippen LogP contribution in [0.4, 0.5) is 5.69 Å².